The van der Waals surface area contributed by atoms with Crippen LogP contribution in [-0.4, -0.2) is 47.6 Å². The van der Waals surface area contributed by atoms with E-state index in [0.29, 0.717) is 11.8 Å². The van der Waals surface area contributed by atoms with Crippen LogP contribution in [0.2, 0.25) is 0 Å². The molecular formula is C26H28N2O. The van der Waals surface area contributed by atoms with Crippen molar-refractivity contribution >= 4 is 6.08 Å². The van der Waals surface area contributed by atoms with Gasteiger partial charge in [-0.15, -0.1) is 0 Å². The van der Waals surface area contributed by atoms with Crippen molar-refractivity contribution in [2.45, 2.75) is 6.04 Å². The summed E-state index contributed by atoms with van der Waals surface area (Å²) in [5.41, 5.74) is 3.84. The molecule has 1 fully saturated rings. The second-order valence-corrected chi connectivity index (χ2v) is 7.55. The molecule has 0 atom stereocenters. The Labute approximate surface area is 173 Å². The Hall–Kier alpha value is -2.88. The van der Waals surface area contributed by atoms with Crippen molar-refractivity contribution in [1.82, 2.24) is 9.80 Å². The van der Waals surface area contributed by atoms with Gasteiger partial charge in [-0.2, -0.15) is 0 Å². The molecule has 0 aliphatic carbocycles. The molecule has 0 aromatic heterocycles. The van der Waals surface area contributed by atoms with Gasteiger partial charge in [-0.05, 0) is 28.8 Å². The molecule has 0 amide bonds. The Balaban J connectivity index is 1.38. The number of rotatable bonds is 6. The first-order chi connectivity index (χ1) is 14.3. The first-order valence-electron chi connectivity index (χ1n) is 10.3. The third kappa shape index (κ3) is 5.14. The van der Waals surface area contributed by atoms with E-state index in [2.05, 4.69) is 82.6 Å². The minimum Gasteiger partial charge on any atom is -0.508 e. The van der Waals surface area contributed by atoms with Crippen LogP contribution in [0.3, 0.4) is 0 Å². The minimum absolute atomic E-state index is 0.310. The molecule has 0 spiro atoms. The molecule has 29 heavy (non-hydrogen) atoms. The molecule has 1 aliphatic rings. The van der Waals surface area contributed by atoms with Crippen LogP contribution in [0.25, 0.3) is 6.08 Å². The monoisotopic (exact) mass is 384 g/mol. The number of nitrogens with zero attached hydrogens (tertiary/aromatic N) is 2. The number of hydrogen-bond donors (Lipinski definition) is 1. The first kappa shape index (κ1) is 19.4. The summed E-state index contributed by atoms with van der Waals surface area (Å²) < 4.78 is 0. The van der Waals surface area contributed by atoms with E-state index in [1.165, 1.54) is 11.1 Å². The molecule has 3 aromatic carbocycles. The number of phenolic OH excluding ortho intramolecular Hbond substituents is 1. The summed E-state index contributed by atoms with van der Waals surface area (Å²) in [5.74, 6) is 0.310. The summed E-state index contributed by atoms with van der Waals surface area (Å²) in [4.78, 5) is 5.10. The molecule has 1 saturated heterocycles. The van der Waals surface area contributed by atoms with Gasteiger partial charge in [-0.1, -0.05) is 84.9 Å². The van der Waals surface area contributed by atoms with Crippen molar-refractivity contribution in [3.05, 3.63) is 108 Å². The Bertz CT molecular complexity index is 859. The number of piperazine rings is 1. The Morgan fingerprint density at radius 2 is 1.28 bits per heavy atom. The molecule has 0 unspecified atom stereocenters. The molecule has 0 saturated carbocycles. The number of phenols is 1. The molecule has 3 heteroatoms. The number of aromatic hydroxyl groups is 1. The zero-order valence-corrected chi connectivity index (χ0v) is 16.7. The van der Waals surface area contributed by atoms with Crippen molar-refractivity contribution in [3.63, 3.8) is 0 Å². The lowest BCUT2D eigenvalue weighted by atomic mass is 9.96. The molecule has 1 aliphatic heterocycles. The van der Waals surface area contributed by atoms with Gasteiger partial charge < -0.3 is 5.11 Å². The summed E-state index contributed by atoms with van der Waals surface area (Å²) in [6.07, 6.45) is 4.34. The summed E-state index contributed by atoms with van der Waals surface area (Å²) in [7, 11) is 0. The molecule has 4 rings (SSSR count). The van der Waals surface area contributed by atoms with Crippen molar-refractivity contribution < 1.29 is 5.11 Å². The van der Waals surface area contributed by atoms with Gasteiger partial charge in [0.15, 0.2) is 0 Å². The minimum atomic E-state index is 0.310. The first-order valence-corrected chi connectivity index (χ1v) is 10.3. The SMILES string of the molecule is Oc1ccc(/C=C/CN2CCN(C(c3ccccc3)c3ccccc3)CC2)cc1. The van der Waals surface area contributed by atoms with Crippen LogP contribution in [0.5, 0.6) is 5.75 Å². The second-order valence-electron chi connectivity index (χ2n) is 7.55. The van der Waals surface area contributed by atoms with E-state index in [1.54, 1.807) is 12.1 Å². The Morgan fingerprint density at radius 3 is 1.83 bits per heavy atom. The van der Waals surface area contributed by atoms with Crippen LogP contribution in [-0.2, 0) is 0 Å². The van der Waals surface area contributed by atoms with Gasteiger partial charge in [-0.25, -0.2) is 0 Å². The van der Waals surface area contributed by atoms with E-state index in [9.17, 15) is 5.11 Å². The van der Waals surface area contributed by atoms with Gasteiger partial charge in [-0.3, -0.25) is 9.80 Å². The third-order valence-electron chi connectivity index (χ3n) is 5.57. The lowest BCUT2D eigenvalue weighted by Crippen LogP contribution is -2.47. The van der Waals surface area contributed by atoms with Crippen LogP contribution >= 0.6 is 0 Å². The highest BCUT2D eigenvalue weighted by Gasteiger charge is 2.25. The predicted molar refractivity (Wildman–Crippen MR) is 120 cm³/mol. The van der Waals surface area contributed by atoms with Crippen LogP contribution in [0, 0.1) is 0 Å². The summed E-state index contributed by atoms with van der Waals surface area (Å²) in [6, 6.07) is 29.3. The highest BCUT2D eigenvalue weighted by atomic mass is 16.3. The van der Waals surface area contributed by atoms with Crippen LogP contribution in [0.1, 0.15) is 22.7 Å². The van der Waals surface area contributed by atoms with Gasteiger partial charge in [0.1, 0.15) is 5.75 Å². The summed E-state index contributed by atoms with van der Waals surface area (Å²) in [6.45, 7) is 5.20. The molecule has 3 nitrogen and oxygen atoms in total. The van der Waals surface area contributed by atoms with E-state index in [0.717, 1.165) is 38.3 Å². The van der Waals surface area contributed by atoms with E-state index < -0.39 is 0 Å². The second kappa shape index (κ2) is 9.55. The average Bonchev–Trinajstić information content (AvgIpc) is 2.78. The number of benzene rings is 3. The number of hydrogen-bond acceptors (Lipinski definition) is 3. The van der Waals surface area contributed by atoms with E-state index in [4.69, 9.17) is 0 Å². The van der Waals surface area contributed by atoms with Crippen LogP contribution in [0.15, 0.2) is 91.0 Å². The van der Waals surface area contributed by atoms with Gasteiger partial charge in [0.05, 0.1) is 6.04 Å². The Kier molecular flexibility index (Phi) is 6.40. The maximum atomic E-state index is 9.38. The molecule has 1 N–H and O–H groups in total. The lowest BCUT2D eigenvalue weighted by Gasteiger charge is -2.39. The highest BCUT2D eigenvalue weighted by molar-refractivity contribution is 5.50. The van der Waals surface area contributed by atoms with Gasteiger partial charge in [0.25, 0.3) is 0 Å². The van der Waals surface area contributed by atoms with Crippen LogP contribution < -0.4 is 0 Å². The molecule has 0 bridgehead atoms. The molecule has 3 aromatic rings. The van der Waals surface area contributed by atoms with Crippen molar-refractivity contribution in [2.24, 2.45) is 0 Å². The maximum absolute atomic E-state index is 9.38. The van der Waals surface area contributed by atoms with Gasteiger partial charge in [0.2, 0.25) is 0 Å². The molecule has 148 valence electrons. The smallest absolute Gasteiger partial charge is 0.115 e. The average molecular weight is 385 g/mol. The predicted octanol–water partition coefficient (Wildman–Crippen LogP) is 4.81. The molecule has 1 heterocycles. The largest absolute Gasteiger partial charge is 0.508 e. The lowest BCUT2D eigenvalue weighted by molar-refractivity contribution is 0.118. The fourth-order valence-corrected chi connectivity index (χ4v) is 4.01. The van der Waals surface area contributed by atoms with Crippen molar-refractivity contribution in [3.8, 4) is 5.75 Å². The van der Waals surface area contributed by atoms with Crippen molar-refractivity contribution in [1.29, 1.82) is 0 Å². The quantitative estimate of drug-likeness (QED) is 0.660. The Morgan fingerprint density at radius 1 is 0.724 bits per heavy atom. The maximum Gasteiger partial charge on any atom is 0.115 e. The van der Waals surface area contributed by atoms with E-state index in [1.807, 2.05) is 12.1 Å². The molecular weight excluding hydrogens is 356 g/mol. The zero-order chi connectivity index (χ0) is 19.9. The summed E-state index contributed by atoms with van der Waals surface area (Å²) in [5, 5.41) is 9.38. The third-order valence-corrected chi connectivity index (χ3v) is 5.57. The molecule has 0 radical (unpaired) electrons. The topological polar surface area (TPSA) is 26.7 Å². The van der Waals surface area contributed by atoms with E-state index in [-0.39, 0.29) is 0 Å². The summed E-state index contributed by atoms with van der Waals surface area (Å²) >= 11 is 0. The normalized spacial score (nSPS) is 15.9. The van der Waals surface area contributed by atoms with Crippen LogP contribution in [0.4, 0.5) is 0 Å². The van der Waals surface area contributed by atoms with Crippen molar-refractivity contribution in [2.75, 3.05) is 32.7 Å². The standard InChI is InChI=1S/C26H28N2O/c29-25-15-13-22(14-16-25)8-7-17-27-18-20-28(21-19-27)26(23-9-3-1-4-10-23)24-11-5-2-6-12-24/h1-16,26,29H,17-21H2/b8-7+. The van der Waals surface area contributed by atoms with E-state index >= 15 is 0 Å². The fraction of sp³-hybridized carbons (Fsp3) is 0.231. The fourth-order valence-electron chi connectivity index (χ4n) is 4.01. The zero-order valence-electron chi connectivity index (χ0n) is 16.7. The van der Waals surface area contributed by atoms with Gasteiger partial charge >= 0.3 is 0 Å². The highest BCUT2D eigenvalue weighted by Crippen LogP contribution is 2.29. The van der Waals surface area contributed by atoms with Gasteiger partial charge in [0, 0.05) is 32.7 Å².